The summed E-state index contributed by atoms with van der Waals surface area (Å²) >= 11 is 0. The number of rotatable bonds is 9. The minimum absolute atomic E-state index is 0.0669. The highest BCUT2D eigenvalue weighted by Crippen LogP contribution is 2.21. The van der Waals surface area contributed by atoms with Gasteiger partial charge in [-0.2, -0.15) is 4.31 Å². The predicted octanol–water partition coefficient (Wildman–Crippen LogP) is 2.66. The summed E-state index contributed by atoms with van der Waals surface area (Å²) in [4.78, 5) is 0.245. The SMILES string of the molecule is CCN(Cc1ccccc1)S(=O)(=O)c1ccc(OCCCO)cc1. The van der Waals surface area contributed by atoms with Crippen molar-refractivity contribution in [2.45, 2.75) is 24.8 Å². The van der Waals surface area contributed by atoms with E-state index in [0.29, 0.717) is 31.9 Å². The molecule has 2 rings (SSSR count). The summed E-state index contributed by atoms with van der Waals surface area (Å²) in [5, 5.41) is 8.74. The highest BCUT2D eigenvalue weighted by molar-refractivity contribution is 7.89. The van der Waals surface area contributed by atoms with Gasteiger partial charge in [-0.05, 0) is 29.8 Å². The molecule has 0 unspecified atom stereocenters. The smallest absolute Gasteiger partial charge is 0.243 e. The molecular formula is C18H23NO4S. The Kier molecular flexibility index (Phi) is 6.78. The van der Waals surface area contributed by atoms with Gasteiger partial charge in [-0.1, -0.05) is 37.3 Å². The molecule has 0 aliphatic heterocycles. The van der Waals surface area contributed by atoms with E-state index in [1.165, 1.54) is 4.31 Å². The predicted molar refractivity (Wildman–Crippen MR) is 93.4 cm³/mol. The van der Waals surface area contributed by atoms with Crippen LogP contribution in [0.15, 0.2) is 59.5 Å². The Bertz CT molecular complexity index is 714. The molecule has 2 aromatic rings. The molecular weight excluding hydrogens is 326 g/mol. The maximum Gasteiger partial charge on any atom is 0.243 e. The lowest BCUT2D eigenvalue weighted by Gasteiger charge is -2.20. The second-order valence-electron chi connectivity index (χ2n) is 5.31. The average molecular weight is 349 g/mol. The summed E-state index contributed by atoms with van der Waals surface area (Å²) in [5.74, 6) is 0.591. The molecule has 24 heavy (non-hydrogen) atoms. The number of hydrogen-bond acceptors (Lipinski definition) is 4. The van der Waals surface area contributed by atoms with Crippen molar-refractivity contribution in [1.82, 2.24) is 4.31 Å². The van der Waals surface area contributed by atoms with Crippen molar-refractivity contribution < 1.29 is 18.3 Å². The maximum absolute atomic E-state index is 12.8. The van der Waals surface area contributed by atoms with Gasteiger partial charge >= 0.3 is 0 Å². The van der Waals surface area contributed by atoms with E-state index in [9.17, 15) is 8.42 Å². The minimum Gasteiger partial charge on any atom is -0.494 e. The summed E-state index contributed by atoms with van der Waals surface area (Å²) < 4.78 is 32.5. The Hall–Kier alpha value is -1.89. The number of nitrogens with zero attached hydrogens (tertiary/aromatic N) is 1. The van der Waals surface area contributed by atoms with Crippen LogP contribution in [0.5, 0.6) is 5.75 Å². The average Bonchev–Trinajstić information content (AvgIpc) is 2.61. The number of sulfonamides is 1. The highest BCUT2D eigenvalue weighted by Gasteiger charge is 2.23. The molecule has 0 atom stereocenters. The van der Waals surface area contributed by atoms with Crippen LogP contribution >= 0.6 is 0 Å². The number of aliphatic hydroxyl groups excluding tert-OH is 1. The topological polar surface area (TPSA) is 66.8 Å². The van der Waals surface area contributed by atoms with Crippen molar-refractivity contribution in [3.63, 3.8) is 0 Å². The van der Waals surface area contributed by atoms with Crippen LogP contribution in [0.3, 0.4) is 0 Å². The molecule has 0 fully saturated rings. The van der Waals surface area contributed by atoms with Crippen molar-refractivity contribution in [3.8, 4) is 5.75 Å². The second-order valence-corrected chi connectivity index (χ2v) is 7.25. The van der Waals surface area contributed by atoms with E-state index in [2.05, 4.69) is 0 Å². The standard InChI is InChI=1S/C18H23NO4S/c1-2-19(15-16-7-4-3-5-8-16)24(21,22)18-11-9-17(10-12-18)23-14-6-13-20/h3-5,7-12,20H,2,6,13-15H2,1H3. The fraction of sp³-hybridized carbons (Fsp3) is 0.333. The van der Waals surface area contributed by atoms with Crippen molar-refractivity contribution in [1.29, 1.82) is 0 Å². The quantitative estimate of drug-likeness (QED) is 0.707. The fourth-order valence-corrected chi connectivity index (χ4v) is 3.70. The first-order chi connectivity index (χ1) is 11.6. The fourth-order valence-electron chi connectivity index (χ4n) is 2.27. The number of hydrogen-bond donors (Lipinski definition) is 1. The van der Waals surface area contributed by atoms with E-state index in [0.717, 1.165) is 5.56 Å². The number of ether oxygens (including phenoxy) is 1. The molecule has 0 aromatic heterocycles. The van der Waals surface area contributed by atoms with Crippen molar-refractivity contribution in [2.75, 3.05) is 19.8 Å². The molecule has 0 aliphatic carbocycles. The third-order valence-corrected chi connectivity index (χ3v) is 5.52. The Morgan fingerprint density at radius 2 is 1.71 bits per heavy atom. The zero-order valence-corrected chi connectivity index (χ0v) is 14.6. The summed E-state index contributed by atoms with van der Waals surface area (Å²) in [5.41, 5.74) is 0.951. The molecule has 0 amide bonds. The summed E-state index contributed by atoms with van der Waals surface area (Å²) in [6.07, 6.45) is 0.542. The van der Waals surface area contributed by atoms with Crippen LogP contribution in [0.4, 0.5) is 0 Å². The van der Waals surface area contributed by atoms with Gasteiger partial charge < -0.3 is 9.84 Å². The Labute approximate surface area is 143 Å². The molecule has 0 heterocycles. The summed E-state index contributed by atoms with van der Waals surface area (Å²) in [7, 11) is -3.55. The van der Waals surface area contributed by atoms with Crippen LogP contribution in [0.1, 0.15) is 18.9 Å². The molecule has 1 N–H and O–H groups in total. The van der Waals surface area contributed by atoms with E-state index in [-0.39, 0.29) is 11.5 Å². The monoisotopic (exact) mass is 349 g/mol. The molecule has 0 aliphatic rings. The van der Waals surface area contributed by atoms with Gasteiger partial charge in [0.1, 0.15) is 5.75 Å². The first-order valence-electron chi connectivity index (χ1n) is 7.95. The normalized spacial score (nSPS) is 11.6. The van der Waals surface area contributed by atoms with Crippen molar-refractivity contribution in [2.24, 2.45) is 0 Å². The van der Waals surface area contributed by atoms with E-state index in [4.69, 9.17) is 9.84 Å². The van der Waals surface area contributed by atoms with Gasteiger partial charge in [0, 0.05) is 26.1 Å². The Balaban J connectivity index is 2.12. The molecule has 0 radical (unpaired) electrons. The highest BCUT2D eigenvalue weighted by atomic mass is 32.2. The van der Waals surface area contributed by atoms with E-state index in [1.807, 2.05) is 37.3 Å². The van der Waals surface area contributed by atoms with Crippen molar-refractivity contribution in [3.05, 3.63) is 60.2 Å². The third kappa shape index (κ3) is 4.80. The zero-order chi connectivity index (χ0) is 17.4. The van der Waals surface area contributed by atoms with E-state index >= 15 is 0 Å². The maximum atomic E-state index is 12.8. The minimum atomic E-state index is -3.55. The van der Waals surface area contributed by atoms with Gasteiger partial charge in [0.05, 0.1) is 11.5 Å². The summed E-state index contributed by atoms with van der Waals surface area (Å²) in [6.45, 7) is 3.03. The zero-order valence-electron chi connectivity index (χ0n) is 13.8. The molecule has 0 saturated heterocycles. The second kappa shape index (κ2) is 8.82. The van der Waals surface area contributed by atoms with Gasteiger partial charge in [-0.15, -0.1) is 0 Å². The number of aliphatic hydroxyl groups is 1. The molecule has 0 saturated carbocycles. The van der Waals surface area contributed by atoms with Gasteiger partial charge in [0.15, 0.2) is 0 Å². The molecule has 130 valence electrons. The molecule has 0 spiro atoms. The van der Waals surface area contributed by atoms with Gasteiger partial charge in [-0.3, -0.25) is 0 Å². The lowest BCUT2D eigenvalue weighted by atomic mass is 10.2. The lowest BCUT2D eigenvalue weighted by molar-refractivity contribution is 0.233. The van der Waals surface area contributed by atoms with Crippen LogP contribution in [0, 0.1) is 0 Å². The molecule has 2 aromatic carbocycles. The summed E-state index contributed by atoms with van der Waals surface area (Å²) in [6, 6.07) is 15.9. The van der Waals surface area contributed by atoms with E-state index < -0.39 is 10.0 Å². The van der Waals surface area contributed by atoms with Crippen LogP contribution in [-0.4, -0.2) is 37.6 Å². The van der Waals surface area contributed by atoms with Crippen LogP contribution in [0.25, 0.3) is 0 Å². The van der Waals surface area contributed by atoms with Gasteiger partial charge in [-0.25, -0.2) is 8.42 Å². The van der Waals surface area contributed by atoms with Crippen LogP contribution in [-0.2, 0) is 16.6 Å². The van der Waals surface area contributed by atoms with Gasteiger partial charge in [0.2, 0.25) is 10.0 Å². The first kappa shape index (κ1) is 18.4. The largest absolute Gasteiger partial charge is 0.494 e. The lowest BCUT2D eigenvalue weighted by Crippen LogP contribution is -2.30. The van der Waals surface area contributed by atoms with Crippen LogP contribution in [0.2, 0.25) is 0 Å². The molecule has 5 nitrogen and oxygen atoms in total. The van der Waals surface area contributed by atoms with Crippen LogP contribution < -0.4 is 4.74 Å². The van der Waals surface area contributed by atoms with Gasteiger partial charge in [0.25, 0.3) is 0 Å². The Morgan fingerprint density at radius 3 is 2.29 bits per heavy atom. The third-order valence-electron chi connectivity index (χ3n) is 3.59. The molecule has 0 bridgehead atoms. The number of benzene rings is 2. The molecule has 6 heteroatoms. The van der Waals surface area contributed by atoms with Crippen molar-refractivity contribution >= 4 is 10.0 Å². The Morgan fingerprint density at radius 1 is 1.04 bits per heavy atom. The first-order valence-corrected chi connectivity index (χ1v) is 9.39. The van der Waals surface area contributed by atoms with E-state index in [1.54, 1.807) is 24.3 Å².